The van der Waals surface area contributed by atoms with Crippen LogP contribution >= 0.6 is 0 Å². The van der Waals surface area contributed by atoms with Crippen molar-refractivity contribution in [1.29, 1.82) is 0 Å². The zero-order valence-electron chi connectivity index (χ0n) is 11.2. The second-order valence-corrected chi connectivity index (χ2v) is 4.53. The predicted molar refractivity (Wildman–Crippen MR) is 79.0 cm³/mol. The van der Waals surface area contributed by atoms with Crippen molar-refractivity contribution in [1.82, 2.24) is 4.98 Å². The van der Waals surface area contributed by atoms with Crippen LogP contribution in [-0.2, 0) is 11.2 Å². The highest BCUT2D eigenvalue weighted by Gasteiger charge is 2.06. The van der Waals surface area contributed by atoms with Crippen LogP contribution in [0.15, 0.2) is 42.6 Å². The molecule has 6 nitrogen and oxygen atoms in total. The number of rotatable bonds is 5. The molecule has 0 aliphatic carbocycles. The number of aryl methyl sites for hydroxylation is 1. The van der Waals surface area contributed by atoms with E-state index in [9.17, 15) is 9.59 Å². The fourth-order valence-corrected chi connectivity index (χ4v) is 1.82. The van der Waals surface area contributed by atoms with Crippen LogP contribution in [0.3, 0.4) is 0 Å². The van der Waals surface area contributed by atoms with Crippen molar-refractivity contribution in [3.05, 3.63) is 53.9 Å². The van der Waals surface area contributed by atoms with Crippen LogP contribution in [0.25, 0.3) is 0 Å². The fraction of sp³-hybridized carbons (Fsp3) is 0.133. The largest absolute Gasteiger partial charge is 0.477 e. The molecule has 108 valence electrons. The Hall–Kier alpha value is -2.89. The van der Waals surface area contributed by atoms with E-state index in [1.165, 1.54) is 18.3 Å². The molecule has 0 spiro atoms. The van der Waals surface area contributed by atoms with Gasteiger partial charge in [-0.2, -0.15) is 0 Å². The molecule has 0 atom stereocenters. The Balaban J connectivity index is 1.88. The lowest BCUT2D eigenvalue weighted by molar-refractivity contribution is -0.116. The number of nitrogen functional groups attached to an aromatic ring is 1. The summed E-state index contributed by atoms with van der Waals surface area (Å²) in [6, 6.07) is 10.2. The highest BCUT2D eigenvalue weighted by Crippen LogP contribution is 2.11. The third-order valence-corrected chi connectivity index (χ3v) is 2.86. The first-order chi connectivity index (χ1) is 10.0. The van der Waals surface area contributed by atoms with E-state index < -0.39 is 5.97 Å². The van der Waals surface area contributed by atoms with Crippen molar-refractivity contribution < 1.29 is 14.7 Å². The first-order valence-corrected chi connectivity index (χ1v) is 6.38. The van der Waals surface area contributed by atoms with Gasteiger partial charge >= 0.3 is 5.97 Å². The van der Waals surface area contributed by atoms with E-state index in [2.05, 4.69) is 10.3 Å². The summed E-state index contributed by atoms with van der Waals surface area (Å²) in [7, 11) is 0. The molecule has 0 radical (unpaired) electrons. The Labute approximate surface area is 121 Å². The molecule has 1 aromatic carbocycles. The zero-order chi connectivity index (χ0) is 15.2. The van der Waals surface area contributed by atoms with Crippen molar-refractivity contribution in [2.45, 2.75) is 12.8 Å². The molecule has 0 bridgehead atoms. The summed E-state index contributed by atoms with van der Waals surface area (Å²) in [6.07, 6.45) is 2.21. The smallest absolute Gasteiger partial charge is 0.354 e. The number of anilines is 2. The molecule has 2 aromatic rings. The number of nitrogens with one attached hydrogen (secondary N) is 1. The lowest BCUT2D eigenvalue weighted by Crippen LogP contribution is -2.13. The number of carbonyl (C=O) groups excluding carboxylic acids is 1. The molecular formula is C15H15N3O3. The van der Waals surface area contributed by atoms with Gasteiger partial charge in [-0.1, -0.05) is 12.1 Å². The van der Waals surface area contributed by atoms with Gasteiger partial charge in [-0.15, -0.1) is 0 Å². The maximum absolute atomic E-state index is 11.8. The van der Waals surface area contributed by atoms with E-state index in [-0.39, 0.29) is 11.6 Å². The number of carbonyl (C=O) groups is 2. The number of hydrogen-bond acceptors (Lipinski definition) is 4. The molecule has 0 fully saturated rings. The molecule has 1 heterocycles. The van der Waals surface area contributed by atoms with E-state index >= 15 is 0 Å². The molecule has 0 aliphatic heterocycles. The van der Waals surface area contributed by atoms with Gasteiger partial charge in [0.25, 0.3) is 0 Å². The minimum Gasteiger partial charge on any atom is -0.477 e. The summed E-state index contributed by atoms with van der Waals surface area (Å²) in [5, 5.41) is 11.4. The molecule has 0 saturated carbocycles. The van der Waals surface area contributed by atoms with Crippen molar-refractivity contribution in [2.75, 3.05) is 11.1 Å². The van der Waals surface area contributed by atoms with Crippen molar-refractivity contribution in [2.24, 2.45) is 0 Å². The lowest BCUT2D eigenvalue weighted by atomic mass is 10.1. The van der Waals surface area contributed by atoms with Gasteiger partial charge < -0.3 is 16.2 Å². The number of amides is 1. The van der Waals surface area contributed by atoms with Crippen LogP contribution in [-0.4, -0.2) is 22.0 Å². The minimum absolute atomic E-state index is 0.0623. The van der Waals surface area contributed by atoms with Crippen molar-refractivity contribution in [3.63, 3.8) is 0 Å². The molecule has 1 amide bonds. The topological polar surface area (TPSA) is 105 Å². The van der Waals surface area contributed by atoms with Gasteiger partial charge in [0.05, 0.1) is 11.9 Å². The Morgan fingerprint density at radius 2 is 2.05 bits per heavy atom. The summed E-state index contributed by atoms with van der Waals surface area (Å²) < 4.78 is 0. The monoisotopic (exact) mass is 285 g/mol. The summed E-state index contributed by atoms with van der Waals surface area (Å²) in [5.74, 6) is -1.27. The van der Waals surface area contributed by atoms with Crippen LogP contribution in [0.1, 0.15) is 22.5 Å². The number of hydrogen-bond donors (Lipinski definition) is 3. The van der Waals surface area contributed by atoms with Crippen molar-refractivity contribution in [3.8, 4) is 0 Å². The van der Waals surface area contributed by atoms with E-state index in [4.69, 9.17) is 10.8 Å². The second-order valence-electron chi connectivity index (χ2n) is 4.53. The van der Waals surface area contributed by atoms with Gasteiger partial charge in [0.15, 0.2) is 0 Å². The number of carboxylic acid groups (broad SMARTS) is 1. The number of aromatic carboxylic acids is 1. The Kier molecular flexibility index (Phi) is 4.50. The number of carboxylic acids is 1. The van der Waals surface area contributed by atoms with Gasteiger partial charge in [-0.25, -0.2) is 9.78 Å². The average Bonchev–Trinajstić information content (AvgIpc) is 2.46. The molecule has 4 N–H and O–H groups in total. The summed E-state index contributed by atoms with van der Waals surface area (Å²) in [4.78, 5) is 26.2. The summed E-state index contributed by atoms with van der Waals surface area (Å²) in [6.45, 7) is 0. The average molecular weight is 285 g/mol. The number of benzene rings is 1. The van der Waals surface area contributed by atoms with Crippen LogP contribution in [0.5, 0.6) is 0 Å². The first kappa shape index (κ1) is 14.5. The third kappa shape index (κ3) is 4.31. The Bertz CT molecular complexity index is 653. The third-order valence-electron chi connectivity index (χ3n) is 2.86. The number of aromatic nitrogens is 1. The van der Waals surface area contributed by atoms with E-state index in [0.29, 0.717) is 24.2 Å². The molecule has 1 aromatic heterocycles. The van der Waals surface area contributed by atoms with Gasteiger partial charge in [-0.05, 0) is 36.2 Å². The second kappa shape index (κ2) is 6.51. The fourth-order valence-electron chi connectivity index (χ4n) is 1.82. The number of nitrogens with zero attached hydrogens (tertiary/aromatic N) is 1. The van der Waals surface area contributed by atoms with E-state index in [0.717, 1.165) is 5.56 Å². The summed E-state index contributed by atoms with van der Waals surface area (Å²) in [5.41, 5.74) is 7.74. The maximum atomic E-state index is 11.8. The summed E-state index contributed by atoms with van der Waals surface area (Å²) >= 11 is 0. The molecule has 0 saturated heterocycles. The quantitative estimate of drug-likeness (QED) is 0.728. The van der Waals surface area contributed by atoms with Gasteiger partial charge in [0.1, 0.15) is 5.69 Å². The van der Waals surface area contributed by atoms with Crippen LogP contribution in [0, 0.1) is 0 Å². The molecule has 0 unspecified atom stereocenters. The SMILES string of the molecule is Nc1cccc(CCC(=O)Nc2ccc(C(=O)O)nc2)c1. The molecule has 0 aliphatic rings. The van der Waals surface area contributed by atoms with E-state index in [1.807, 2.05) is 18.2 Å². The lowest BCUT2D eigenvalue weighted by Gasteiger charge is -2.05. The minimum atomic E-state index is -1.10. The highest BCUT2D eigenvalue weighted by atomic mass is 16.4. The molecular weight excluding hydrogens is 270 g/mol. The van der Waals surface area contributed by atoms with Crippen LogP contribution in [0.4, 0.5) is 11.4 Å². The Morgan fingerprint density at radius 1 is 1.24 bits per heavy atom. The predicted octanol–water partition coefficient (Wildman–Crippen LogP) is 1.93. The number of nitrogens with two attached hydrogens (primary N) is 1. The highest BCUT2D eigenvalue weighted by molar-refractivity contribution is 5.91. The van der Waals surface area contributed by atoms with Crippen molar-refractivity contribution >= 4 is 23.3 Å². The Morgan fingerprint density at radius 3 is 2.67 bits per heavy atom. The number of pyridine rings is 1. The van der Waals surface area contributed by atoms with Crippen LogP contribution < -0.4 is 11.1 Å². The molecule has 21 heavy (non-hydrogen) atoms. The van der Waals surface area contributed by atoms with Gasteiger partial charge in [-0.3, -0.25) is 4.79 Å². The molecule has 6 heteroatoms. The standard InChI is InChI=1S/C15H15N3O3/c16-11-3-1-2-10(8-11)4-7-14(19)18-12-5-6-13(15(20)21)17-9-12/h1-3,5-6,8-9H,4,7,16H2,(H,18,19)(H,20,21). The van der Waals surface area contributed by atoms with Crippen LogP contribution in [0.2, 0.25) is 0 Å². The maximum Gasteiger partial charge on any atom is 0.354 e. The first-order valence-electron chi connectivity index (χ1n) is 6.38. The van der Waals surface area contributed by atoms with Gasteiger partial charge in [0.2, 0.25) is 5.91 Å². The zero-order valence-corrected chi connectivity index (χ0v) is 11.2. The normalized spacial score (nSPS) is 10.1. The van der Waals surface area contributed by atoms with E-state index in [1.54, 1.807) is 6.07 Å². The molecule has 2 rings (SSSR count). The van der Waals surface area contributed by atoms with Gasteiger partial charge in [0, 0.05) is 12.1 Å².